The standard InChI is InChI=1S/C15H18O4/c16-11-14-13(17)8-9-15(19-14)18-10-4-7-12-5-2-1-3-6-12/h1-9,13-17H,10-11H2/b7-4+/t13-,14+,15-/m0/s1. The van der Waals surface area contributed by atoms with Crippen LogP contribution in [-0.2, 0) is 9.47 Å². The normalized spacial score (nSPS) is 26.9. The molecule has 19 heavy (non-hydrogen) atoms. The highest BCUT2D eigenvalue weighted by atomic mass is 16.7. The maximum absolute atomic E-state index is 9.47. The molecule has 102 valence electrons. The fourth-order valence-corrected chi connectivity index (χ4v) is 1.77. The lowest BCUT2D eigenvalue weighted by atomic mass is 10.1. The number of benzene rings is 1. The Bertz CT molecular complexity index is 427. The van der Waals surface area contributed by atoms with Crippen LogP contribution in [0, 0.1) is 0 Å². The number of aliphatic hydroxyl groups excluding tert-OH is 2. The van der Waals surface area contributed by atoms with Gasteiger partial charge in [0.25, 0.3) is 0 Å². The van der Waals surface area contributed by atoms with Crippen LogP contribution in [0.4, 0.5) is 0 Å². The average Bonchev–Trinajstić information content (AvgIpc) is 2.46. The van der Waals surface area contributed by atoms with Crippen molar-refractivity contribution in [1.29, 1.82) is 0 Å². The van der Waals surface area contributed by atoms with Crippen molar-refractivity contribution in [3.05, 3.63) is 54.1 Å². The van der Waals surface area contributed by atoms with Gasteiger partial charge in [-0.1, -0.05) is 48.6 Å². The third-order valence-electron chi connectivity index (χ3n) is 2.80. The maximum Gasteiger partial charge on any atom is 0.177 e. The Balaban J connectivity index is 1.77. The van der Waals surface area contributed by atoms with Gasteiger partial charge < -0.3 is 19.7 Å². The van der Waals surface area contributed by atoms with Crippen molar-refractivity contribution in [3.8, 4) is 0 Å². The Kier molecular flexibility index (Phi) is 5.30. The smallest absolute Gasteiger partial charge is 0.177 e. The molecule has 2 rings (SSSR count). The zero-order valence-electron chi connectivity index (χ0n) is 10.6. The van der Waals surface area contributed by atoms with Crippen molar-refractivity contribution in [3.63, 3.8) is 0 Å². The van der Waals surface area contributed by atoms with Gasteiger partial charge in [-0.25, -0.2) is 0 Å². The molecule has 4 nitrogen and oxygen atoms in total. The first-order chi connectivity index (χ1) is 9.29. The van der Waals surface area contributed by atoms with Gasteiger partial charge in [-0.15, -0.1) is 0 Å². The second kappa shape index (κ2) is 7.21. The number of hydrogen-bond donors (Lipinski definition) is 2. The molecule has 0 amide bonds. The van der Waals surface area contributed by atoms with Crippen molar-refractivity contribution in [1.82, 2.24) is 0 Å². The van der Waals surface area contributed by atoms with E-state index in [1.807, 2.05) is 42.5 Å². The zero-order chi connectivity index (χ0) is 13.5. The van der Waals surface area contributed by atoms with Gasteiger partial charge in [-0.3, -0.25) is 0 Å². The molecular formula is C15H18O4. The third kappa shape index (κ3) is 4.29. The van der Waals surface area contributed by atoms with Gasteiger partial charge in [-0.05, 0) is 11.6 Å². The Labute approximate surface area is 112 Å². The second-order valence-corrected chi connectivity index (χ2v) is 4.25. The van der Waals surface area contributed by atoms with E-state index in [4.69, 9.17) is 14.6 Å². The van der Waals surface area contributed by atoms with Crippen LogP contribution in [0.25, 0.3) is 6.08 Å². The van der Waals surface area contributed by atoms with Crippen LogP contribution < -0.4 is 0 Å². The van der Waals surface area contributed by atoms with Crippen LogP contribution in [0.2, 0.25) is 0 Å². The minimum atomic E-state index is -0.773. The summed E-state index contributed by atoms with van der Waals surface area (Å²) in [7, 11) is 0. The van der Waals surface area contributed by atoms with E-state index in [2.05, 4.69) is 0 Å². The molecule has 0 spiro atoms. The molecule has 0 aliphatic carbocycles. The Hall–Kier alpha value is -1.46. The van der Waals surface area contributed by atoms with Crippen molar-refractivity contribution in [2.24, 2.45) is 0 Å². The first-order valence-electron chi connectivity index (χ1n) is 6.25. The summed E-state index contributed by atoms with van der Waals surface area (Å²) >= 11 is 0. The minimum absolute atomic E-state index is 0.231. The van der Waals surface area contributed by atoms with E-state index in [0.29, 0.717) is 6.61 Å². The van der Waals surface area contributed by atoms with Crippen LogP contribution >= 0.6 is 0 Å². The molecule has 2 N–H and O–H groups in total. The summed E-state index contributed by atoms with van der Waals surface area (Å²) < 4.78 is 10.8. The molecule has 1 aromatic carbocycles. The maximum atomic E-state index is 9.47. The fourth-order valence-electron chi connectivity index (χ4n) is 1.77. The van der Waals surface area contributed by atoms with Crippen LogP contribution in [-0.4, -0.2) is 41.9 Å². The molecular weight excluding hydrogens is 244 g/mol. The average molecular weight is 262 g/mol. The van der Waals surface area contributed by atoms with Crippen molar-refractivity contribution < 1.29 is 19.7 Å². The molecule has 0 aromatic heterocycles. The molecule has 0 saturated carbocycles. The van der Waals surface area contributed by atoms with Gasteiger partial charge >= 0.3 is 0 Å². The quantitative estimate of drug-likeness (QED) is 0.786. The molecule has 1 aromatic rings. The lowest BCUT2D eigenvalue weighted by molar-refractivity contribution is -0.175. The molecule has 0 bridgehead atoms. The highest BCUT2D eigenvalue weighted by Gasteiger charge is 2.24. The summed E-state index contributed by atoms with van der Waals surface area (Å²) in [6.45, 7) is 0.170. The topological polar surface area (TPSA) is 58.9 Å². The molecule has 0 saturated heterocycles. The van der Waals surface area contributed by atoms with E-state index >= 15 is 0 Å². The lowest BCUT2D eigenvalue weighted by Crippen LogP contribution is -2.38. The van der Waals surface area contributed by atoms with E-state index < -0.39 is 18.5 Å². The Morgan fingerprint density at radius 1 is 1.21 bits per heavy atom. The fraction of sp³-hybridized carbons (Fsp3) is 0.333. The van der Waals surface area contributed by atoms with Gasteiger partial charge in [0.2, 0.25) is 0 Å². The molecule has 3 atom stereocenters. The van der Waals surface area contributed by atoms with Crippen molar-refractivity contribution >= 4 is 6.08 Å². The molecule has 1 heterocycles. The summed E-state index contributed by atoms with van der Waals surface area (Å²) in [5.74, 6) is 0. The monoisotopic (exact) mass is 262 g/mol. The number of aliphatic hydroxyl groups is 2. The molecule has 0 unspecified atom stereocenters. The van der Waals surface area contributed by atoms with E-state index in [0.717, 1.165) is 5.56 Å². The van der Waals surface area contributed by atoms with Gasteiger partial charge in [-0.2, -0.15) is 0 Å². The van der Waals surface area contributed by atoms with Crippen LogP contribution in [0.1, 0.15) is 5.56 Å². The van der Waals surface area contributed by atoms with Crippen LogP contribution in [0.5, 0.6) is 0 Å². The largest absolute Gasteiger partial charge is 0.394 e. The predicted molar refractivity (Wildman–Crippen MR) is 72.3 cm³/mol. The lowest BCUT2D eigenvalue weighted by Gasteiger charge is -2.27. The van der Waals surface area contributed by atoms with Gasteiger partial charge in [0.05, 0.1) is 13.2 Å². The second-order valence-electron chi connectivity index (χ2n) is 4.25. The first-order valence-corrected chi connectivity index (χ1v) is 6.25. The minimum Gasteiger partial charge on any atom is -0.394 e. The molecule has 0 fully saturated rings. The number of hydrogen-bond acceptors (Lipinski definition) is 4. The SMILES string of the molecule is OC[C@H]1O[C@H](OC/C=C/c2ccccc2)C=C[C@@H]1O. The van der Waals surface area contributed by atoms with E-state index in [1.165, 1.54) is 0 Å². The molecule has 4 heteroatoms. The van der Waals surface area contributed by atoms with E-state index in [1.54, 1.807) is 12.2 Å². The zero-order valence-corrected chi connectivity index (χ0v) is 10.6. The molecule has 1 aliphatic heterocycles. The number of rotatable bonds is 5. The Morgan fingerprint density at radius 2 is 2.00 bits per heavy atom. The predicted octanol–water partition coefficient (Wildman–Crippen LogP) is 1.35. The summed E-state index contributed by atoms with van der Waals surface area (Å²) in [5, 5.41) is 18.5. The summed E-state index contributed by atoms with van der Waals surface area (Å²) in [6.07, 6.45) is 5.17. The summed E-state index contributed by atoms with van der Waals surface area (Å²) in [6, 6.07) is 9.92. The van der Waals surface area contributed by atoms with Crippen LogP contribution in [0.3, 0.4) is 0 Å². The highest BCUT2D eigenvalue weighted by Crippen LogP contribution is 2.13. The molecule has 0 radical (unpaired) electrons. The van der Waals surface area contributed by atoms with Crippen LogP contribution in [0.15, 0.2) is 48.6 Å². The van der Waals surface area contributed by atoms with Gasteiger partial charge in [0.15, 0.2) is 6.29 Å². The third-order valence-corrected chi connectivity index (χ3v) is 2.80. The Morgan fingerprint density at radius 3 is 2.74 bits per heavy atom. The number of ether oxygens (including phenoxy) is 2. The molecule has 1 aliphatic rings. The van der Waals surface area contributed by atoms with Gasteiger partial charge in [0.1, 0.15) is 12.2 Å². The van der Waals surface area contributed by atoms with E-state index in [9.17, 15) is 5.11 Å². The summed E-state index contributed by atoms with van der Waals surface area (Å²) in [5.41, 5.74) is 1.11. The highest BCUT2D eigenvalue weighted by molar-refractivity contribution is 5.48. The summed E-state index contributed by atoms with van der Waals surface area (Å²) in [4.78, 5) is 0. The van der Waals surface area contributed by atoms with Crippen molar-refractivity contribution in [2.45, 2.75) is 18.5 Å². The van der Waals surface area contributed by atoms with E-state index in [-0.39, 0.29) is 6.61 Å². The van der Waals surface area contributed by atoms with Gasteiger partial charge in [0, 0.05) is 0 Å². The first kappa shape index (κ1) is 14.0. The van der Waals surface area contributed by atoms with Crippen molar-refractivity contribution in [2.75, 3.05) is 13.2 Å².